The van der Waals surface area contributed by atoms with Gasteiger partial charge in [-0.2, -0.15) is 13.1 Å². The van der Waals surface area contributed by atoms with Crippen molar-refractivity contribution in [2.24, 2.45) is 0 Å². The van der Waals surface area contributed by atoms with Crippen molar-refractivity contribution in [2.45, 2.75) is 50.5 Å². The van der Waals surface area contributed by atoms with Gasteiger partial charge >= 0.3 is 10.2 Å². The molecule has 0 bridgehead atoms. The van der Waals surface area contributed by atoms with E-state index in [1.54, 1.807) is 12.4 Å². The largest absolute Gasteiger partial charge is 0.338 e. The number of carbonyl (C=O) groups is 1. The van der Waals surface area contributed by atoms with Crippen LogP contribution in [0.15, 0.2) is 18.5 Å². The molecule has 31 heavy (non-hydrogen) atoms. The second-order valence-corrected chi connectivity index (χ2v) is 9.81. The van der Waals surface area contributed by atoms with Gasteiger partial charge in [-0.3, -0.25) is 9.69 Å². The molecule has 176 valence electrons. The first kappa shape index (κ1) is 26.1. The van der Waals surface area contributed by atoms with Crippen molar-refractivity contribution >= 4 is 46.9 Å². The quantitative estimate of drug-likeness (QED) is 0.599. The normalized spacial score (nSPS) is 22.8. The van der Waals surface area contributed by atoms with Crippen LogP contribution in [0.25, 0.3) is 0 Å². The molecule has 1 N–H and O–H groups in total. The molecular weight excluding hydrogens is 463 g/mol. The minimum atomic E-state index is -3.69. The van der Waals surface area contributed by atoms with Crippen LogP contribution in [0.2, 0.25) is 0 Å². The Morgan fingerprint density at radius 2 is 1.55 bits per heavy atom. The van der Waals surface area contributed by atoms with Crippen molar-refractivity contribution in [2.75, 3.05) is 44.2 Å². The Kier molecular flexibility index (Phi) is 9.32. The number of piperazine rings is 1. The van der Waals surface area contributed by atoms with Crippen molar-refractivity contribution in [1.82, 2.24) is 23.9 Å². The van der Waals surface area contributed by atoms with Crippen LogP contribution in [0.3, 0.4) is 0 Å². The van der Waals surface area contributed by atoms with E-state index in [4.69, 9.17) is 0 Å². The van der Waals surface area contributed by atoms with Gasteiger partial charge in [-0.25, -0.2) is 14.3 Å². The average Bonchev–Trinajstić information content (AvgIpc) is 2.92. The standard InChI is InChI=1S/C19H30N6O3S.2ClH/c26-17-19(7-2-1-3-8-19)22-29(27,28)25(17)12-5-4-11-23-13-15-24(16-14-23)18-20-9-6-10-21-18;;/h6,9-10,22H,1-5,7-8,11-16H2;2*1H. The number of hydrogen-bond donors (Lipinski definition) is 1. The zero-order valence-corrected chi connectivity index (χ0v) is 20.1. The van der Waals surface area contributed by atoms with Gasteiger partial charge in [0.25, 0.3) is 5.91 Å². The van der Waals surface area contributed by atoms with E-state index in [-0.39, 0.29) is 37.3 Å². The Labute approximate surface area is 197 Å². The van der Waals surface area contributed by atoms with Crippen molar-refractivity contribution in [3.8, 4) is 0 Å². The van der Waals surface area contributed by atoms with Gasteiger partial charge in [0.1, 0.15) is 5.54 Å². The molecule has 0 aromatic carbocycles. The summed E-state index contributed by atoms with van der Waals surface area (Å²) in [6.07, 6.45) is 9.20. The van der Waals surface area contributed by atoms with Crippen LogP contribution in [0, 0.1) is 0 Å². The van der Waals surface area contributed by atoms with Crippen LogP contribution in [0.1, 0.15) is 44.9 Å². The zero-order chi connectivity index (χ0) is 20.3. The van der Waals surface area contributed by atoms with Crippen molar-refractivity contribution in [3.05, 3.63) is 18.5 Å². The number of rotatable bonds is 6. The highest BCUT2D eigenvalue weighted by Crippen LogP contribution is 2.35. The molecule has 1 spiro atoms. The molecule has 12 heteroatoms. The van der Waals surface area contributed by atoms with Crippen molar-refractivity contribution in [1.29, 1.82) is 0 Å². The van der Waals surface area contributed by atoms with Crippen LogP contribution >= 0.6 is 24.8 Å². The Hall–Kier alpha value is -1.20. The Bertz CT molecular complexity index is 815. The maximum atomic E-state index is 12.8. The third-order valence-corrected chi connectivity index (χ3v) is 7.83. The number of aromatic nitrogens is 2. The van der Waals surface area contributed by atoms with E-state index in [0.717, 1.165) is 68.7 Å². The first-order valence-electron chi connectivity index (χ1n) is 10.6. The zero-order valence-electron chi connectivity index (χ0n) is 17.6. The second-order valence-electron chi connectivity index (χ2n) is 8.21. The summed E-state index contributed by atoms with van der Waals surface area (Å²) in [7, 11) is -3.69. The lowest BCUT2D eigenvalue weighted by Gasteiger charge is -2.34. The molecule has 1 aromatic rings. The SMILES string of the molecule is Cl.Cl.O=C1N(CCCCN2CCN(c3ncccn3)CC2)S(=O)(=O)NC12CCCCC2. The predicted octanol–water partition coefficient (Wildman–Crippen LogP) is 1.60. The van der Waals surface area contributed by atoms with E-state index in [0.29, 0.717) is 19.3 Å². The lowest BCUT2D eigenvalue weighted by Crippen LogP contribution is -2.48. The topological polar surface area (TPSA) is 98.7 Å². The van der Waals surface area contributed by atoms with E-state index in [2.05, 4.69) is 24.5 Å². The average molecular weight is 495 g/mol. The van der Waals surface area contributed by atoms with Gasteiger partial charge in [0, 0.05) is 45.1 Å². The smallest absolute Gasteiger partial charge is 0.304 e. The molecule has 2 saturated heterocycles. The minimum Gasteiger partial charge on any atom is -0.338 e. The summed E-state index contributed by atoms with van der Waals surface area (Å²) in [6, 6.07) is 1.82. The Balaban J connectivity index is 0.00000171. The summed E-state index contributed by atoms with van der Waals surface area (Å²) in [6.45, 7) is 4.82. The molecule has 1 saturated carbocycles. The van der Waals surface area contributed by atoms with Gasteiger partial charge in [-0.05, 0) is 38.3 Å². The number of anilines is 1. The first-order chi connectivity index (χ1) is 14.0. The van der Waals surface area contributed by atoms with Crippen molar-refractivity contribution in [3.63, 3.8) is 0 Å². The van der Waals surface area contributed by atoms with Gasteiger partial charge in [-0.15, -0.1) is 24.8 Å². The Morgan fingerprint density at radius 3 is 2.19 bits per heavy atom. The minimum absolute atomic E-state index is 0. The number of amides is 1. The highest BCUT2D eigenvalue weighted by Gasteiger charge is 2.54. The number of carbonyl (C=O) groups excluding carboxylic acids is 1. The molecule has 3 heterocycles. The van der Waals surface area contributed by atoms with Crippen LogP contribution in [0.5, 0.6) is 0 Å². The third-order valence-electron chi connectivity index (χ3n) is 6.25. The maximum Gasteiger partial charge on any atom is 0.304 e. The van der Waals surface area contributed by atoms with Crippen LogP contribution in [-0.2, 0) is 15.0 Å². The monoisotopic (exact) mass is 494 g/mol. The van der Waals surface area contributed by atoms with Crippen LogP contribution in [0.4, 0.5) is 5.95 Å². The number of nitrogens with zero attached hydrogens (tertiary/aromatic N) is 5. The van der Waals surface area contributed by atoms with E-state index in [9.17, 15) is 13.2 Å². The Morgan fingerprint density at radius 1 is 0.935 bits per heavy atom. The molecule has 1 aliphatic carbocycles. The molecule has 4 rings (SSSR count). The lowest BCUT2D eigenvalue weighted by atomic mass is 9.82. The van der Waals surface area contributed by atoms with Gasteiger partial charge in [0.15, 0.2) is 0 Å². The molecule has 0 atom stereocenters. The fraction of sp³-hybridized carbons (Fsp3) is 0.737. The molecule has 0 unspecified atom stereocenters. The summed E-state index contributed by atoms with van der Waals surface area (Å²) in [4.78, 5) is 26.0. The molecule has 3 aliphatic rings. The number of hydrogen-bond acceptors (Lipinski definition) is 7. The van der Waals surface area contributed by atoms with Gasteiger partial charge in [-0.1, -0.05) is 19.3 Å². The third kappa shape index (κ3) is 5.78. The summed E-state index contributed by atoms with van der Waals surface area (Å²) < 4.78 is 28.7. The van der Waals surface area contributed by atoms with E-state index in [1.807, 2.05) is 6.07 Å². The number of halogens is 2. The second kappa shape index (κ2) is 11.1. The predicted molar refractivity (Wildman–Crippen MR) is 124 cm³/mol. The van der Waals surface area contributed by atoms with E-state index in [1.165, 1.54) is 0 Å². The van der Waals surface area contributed by atoms with Gasteiger partial charge in [0.2, 0.25) is 5.95 Å². The lowest BCUT2D eigenvalue weighted by molar-refractivity contribution is -0.131. The fourth-order valence-corrected chi connectivity index (χ4v) is 6.26. The molecule has 9 nitrogen and oxygen atoms in total. The van der Waals surface area contributed by atoms with Crippen LogP contribution < -0.4 is 9.62 Å². The summed E-state index contributed by atoms with van der Waals surface area (Å²) in [5.74, 6) is 0.530. The highest BCUT2D eigenvalue weighted by atomic mass is 35.5. The molecule has 1 amide bonds. The first-order valence-corrected chi connectivity index (χ1v) is 12.0. The van der Waals surface area contributed by atoms with Crippen LogP contribution in [-0.4, -0.2) is 78.3 Å². The molecule has 0 radical (unpaired) electrons. The molecule has 3 fully saturated rings. The number of unbranched alkanes of at least 4 members (excludes halogenated alkanes) is 1. The number of nitrogens with one attached hydrogen (secondary N) is 1. The van der Waals surface area contributed by atoms with Crippen molar-refractivity contribution < 1.29 is 13.2 Å². The summed E-state index contributed by atoms with van der Waals surface area (Å²) >= 11 is 0. The van der Waals surface area contributed by atoms with Gasteiger partial charge < -0.3 is 4.90 Å². The summed E-state index contributed by atoms with van der Waals surface area (Å²) in [5.41, 5.74) is -0.868. The molecule has 1 aromatic heterocycles. The van der Waals surface area contributed by atoms with E-state index >= 15 is 0 Å². The molecular formula is C19H32Cl2N6O3S. The van der Waals surface area contributed by atoms with Gasteiger partial charge in [0.05, 0.1) is 0 Å². The highest BCUT2D eigenvalue weighted by molar-refractivity contribution is 7.88. The maximum absolute atomic E-state index is 12.8. The van der Waals surface area contributed by atoms with E-state index < -0.39 is 15.7 Å². The summed E-state index contributed by atoms with van der Waals surface area (Å²) in [5, 5.41) is 0. The molecule has 2 aliphatic heterocycles. The fourth-order valence-electron chi connectivity index (χ4n) is 4.60.